The fraction of sp³-hybridized carbons (Fsp3) is 0.182. The molecule has 2 rings (SSSR count). The third kappa shape index (κ3) is 2.39. The molecule has 0 unspecified atom stereocenters. The summed E-state index contributed by atoms with van der Waals surface area (Å²) in [5, 5.41) is -0.156. The molecule has 0 aliphatic heterocycles. The Bertz CT molecular complexity index is 705. The van der Waals surface area contributed by atoms with Crippen LogP contribution in [-0.2, 0) is 17.1 Å². The molecule has 1 heterocycles. The highest BCUT2D eigenvalue weighted by atomic mass is 32.2. The summed E-state index contributed by atoms with van der Waals surface area (Å²) < 4.78 is 41.4. The van der Waals surface area contributed by atoms with Gasteiger partial charge in [0.25, 0.3) is 10.0 Å². The molecule has 0 saturated heterocycles. The van der Waals surface area contributed by atoms with Crippen LogP contribution in [0.25, 0.3) is 0 Å². The maximum atomic E-state index is 13.4. The Balaban J connectivity index is 2.46. The van der Waals surface area contributed by atoms with Gasteiger partial charge in [0.2, 0.25) is 0 Å². The number of rotatable bonds is 3. The Labute approximate surface area is 110 Å². The molecule has 0 saturated carbocycles. The van der Waals surface area contributed by atoms with E-state index < -0.39 is 15.8 Å². The van der Waals surface area contributed by atoms with Gasteiger partial charge < -0.3 is 10.3 Å². The van der Waals surface area contributed by atoms with Gasteiger partial charge in [0.15, 0.2) is 10.8 Å². The van der Waals surface area contributed by atoms with Gasteiger partial charge in [0.1, 0.15) is 5.82 Å². The van der Waals surface area contributed by atoms with Crippen molar-refractivity contribution in [1.82, 2.24) is 9.55 Å². The molecule has 3 N–H and O–H groups in total. The third-order valence-electron chi connectivity index (χ3n) is 2.68. The monoisotopic (exact) mass is 284 g/mol. The molecule has 0 fully saturated rings. The maximum absolute atomic E-state index is 13.4. The normalized spacial score (nSPS) is 11.5. The molecule has 0 spiro atoms. The lowest BCUT2D eigenvalue weighted by Crippen LogP contribution is -2.18. The number of aromatic nitrogens is 2. The van der Waals surface area contributed by atoms with Crippen LogP contribution in [0.4, 0.5) is 15.9 Å². The lowest BCUT2D eigenvalue weighted by atomic mass is 10.2. The van der Waals surface area contributed by atoms with Gasteiger partial charge in [-0.3, -0.25) is 4.72 Å². The number of nitrogens with zero attached hydrogens (tertiary/aromatic N) is 2. The molecule has 0 radical (unpaired) electrons. The van der Waals surface area contributed by atoms with Crippen molar-refractivity contribution in [3.8, 4) is 0 Å². The number of aryl methyl sites for hydroxylation is 1. The topological polar surface area (TPSA) is 90.0 Å². The molecule has 102 valence electrons. The summed E-state index contributed by atoms with van der Waals surface area (Å²) in [6.07, 6.45) is 1.29. The van der Waals surface area contributed by atoms with Crippen molar-refractivity contribution in [2.75, 3.05) is 10.5 Å². The zero-order valence-corrected chi connectivity index (χ0v) is 11.2. The summed E-state index contributed by atoms with van der Waals surface area (Å²) in [7, 11) is -2.40. The Morgan fingerprint density at radius 3 is 2.68 bits per heavy atom. The smallest absolute Gasteiger partial charge is 0.281 e. The van der Waals surface area contributed by atoms with Gasteiger partial charge in [-0.2, -0.15) is 8.42 Å². The van der Waals surface area contributed by atoms with Crippen molar-refractivity contribution in [2.24, 2.45) is 7.05 Å². The summed E-state index contributed by atoms with van der Waals surface area (Å²) in [6.45, 7) is 1.49. The fourth-order valence-corrected chi connectivity index (χ4v) is 3.04. The number of nitrogens with two attached hydrogens (primary N) is 1. The molecule has 1 aromatic heterocycles. The van der Waals surface area contributed by atoms with Crippen molar-refractivity contribution in [1.29, 1.82) is 0 Å². The van der Waals surface area contributed by atoms with Crippen molar-refractivity contribution in [3.63, 3.8) is 0 Å². The van der Waals surface area contributed by atoms with Crippen LogP contribution in [-0.4, -0.2) is 18.0 Å². The van der Waals surface area contributed by atoms with Crippen molar-refractivity contribution < 1.29 is 12.8 Å². The van der Waals surface area contributed by atoms with E-state index in [4.69, 9.17) is 5.73 Å². The number of halogens is 1. The first-order valence-corrected chi connectivity index (χ1v) is 6.86. The Kier molecular flexibility index (Phi) is 3.19. The first-order valence-electron chi connectivity index (χ1n) is 5.37. The molecule has 0 aliphatic carbocycles. The van der Waals surface area contributed by atoms with Gasteiger partial charge in [-0.05, 0) is 19.1 Å². The second kappa shape index (κ2) is 4.54. The lowest BCUT2D eigenvalue weighted by Gasteiger charge is -2.11. The van der Waals surface area contributed by atoms with Crippen molar-refractivity contribution in [3.05, 3.63) is 35.9 Å². The zero-order chi connectivity index (χ0) is 14.2. The molecular weight excluding hydrogens is 271 g/mol. The molecule has 0 aliphatic rings. The zero-order valence-electron chi connectivity index (χ0n) is 10.4. The highest BCUT2D eigenvalue weighted by Gasteiger charge is 2.23. The van der Waals surface area contributed by atoms with Crippen LogP contribution in [0.3, 0.4) is 0 Å². The van der Waals surface area contributed by atoms with E-state index in [0.29, 0.717) is 0 Å². The molecule has 0 amide bonds. The highest BCUT2D eigenvalue weighted by Crippen LogP contribution is 2.23. The molecule has 8 heteroatoms. The van der Waals surface area contributed by atoms with Crippen LogP contribution in [0.1, 0.15) is 5.56 Å². The van der Waals surface area contributed by atoms with E-state index in [2.05, 4.69) is 9.71 Å². The molecular formula is C11H13FN4O2S. The standard InChI is InChI=1S/C11H13FN4O2S/c1-7-8(12)4-3-5-9(7)15-19(17,18)11-10(13)14-6-16(11)2/h3-6,15H,13H2,1-2H3. The molecule has 1 aromatic carbocycles. The second-order valence-electron chi connectivity index (χ2n) is 4.06. The van der Waals surface area contributed by atoms with Crippen molar-refractivity contribution in [2.45, 2.75) is 11.9 Å². The summed E-state index contributed by atoms with van der Waals surface area (Å²) in [6, 6.07) is 4.15. The van der Waals surface area contributed by atoms with Gasteiger partial charge in [-0.15, -0.1) is 0 Å². The largest absolute Gasteiger partial charge is 0.381 e. The minimum Gasteiger partial charge on any atom is -0.381 e. The quantitative estimate of drug-likeness (QED) is 0.887. The first-order chi connectivity index (χ1) is 8.83. The van der Waals surface area contributed by atoms with Crippen LogP contribution in [0.2, 0.25) is 0 Å². The lowest BCUT2D eigenvalue weighted by molar-refractivity contribution is 0.591. The number of imidazole rings is 1. The van der Waals surface area contributed by atoms with E-state index in [9.17, 15) is 12.8 Å². The van der Waals surface area contributed by atoms with Gasteiger partial charge in [-0.25, -0.2) is 9.37 Å². The minimum atomic E-state index is -3.91. The highest BCUT2D eigenvalue weighted by molar-refractivity contribution is 7.92. The number of hydrogen-bond acceptors (Lipinski definition) is 4. The Morgan fingerprint density at radius 1 is 1.42 bits per heavy atom. The molecule has 2 aromatic rings. The third-order valence-corrected chi connectivity index (χ3v) is 4.17. The number of hydrogen-bond donors (Lipinski definition) is 2. The average Bonchev–Trinajstić information content (AvgIpc) is 2.65. The number of sulfonamides is 1. The number of benzene rings is 1. The molecule has 6 nitrogen and oxygen atoms in total. The SMILES string of the molecule is Cc1c(F)cccc1NS(=O)(=O)c1c(N)ncn1C. The van der Waals surface area contributed by atoms with Crippen LogP contribution in [0, 0.1) is 12.7 Å². The number of nitrogen functional groups attached to an aromatic ring is 1. The summed E-state index contributed by atoms with van der Waals surface area (Å²) in [5.41, 5.74) is 5.91. The maximum Gasteiger partial charge on any atom is 0.281 e. The minimum absolute atomic E-state index is 0.107. The number of anilines is 2. The predicted molar refractivity (Wildman–Crippen MR) is 69.6 cm³/mol. The average molecular weight is 284 g/mol. The summed E-state index contributed by atoms with van der Waals surface area (Å²) in [4.78, 5) is 3.71. The van der Waals surface area contributed by atoms with E-state index in [-0.39, 0.29) is 22.1 Å². The Hall–Kier alpha value is -2.09. The first kappa shape index (κ1) is 13.3. The molecule has 19 heavy (non-hydrogen) atoms. The predicted octanol–water partition coefficient (Wildman–Crippen LogP) is 1.25. The van der Waals surface area contributed by atoms with E-state index >= 15 is 0 Å². The molecule has 0 atom stereocenters. The van der Waals surface area contributed by atoms with Gasteiger partial charge in [0.05, 0.1) is 12.0 Å². The van der Waals surface area contributed by atoms with Gasteiger partial charge in [0, 0.05) is 12.6 Å². The van der Waals surface area contributed by atoms with E-state index in [1.807, 2.05) is 0 Å². The van der Waals surface area contributed by atoms with E-state index in [0.717, 1.165) is 0 Å². The van der Waals surface area contributed by atoms with E-state index in [1.54, 1.807) is 0 Å². The van der Waals surface area contributed by atoms with Gasteiger partial charge >= 0.3 is 0 Å². The molecule has 0 bridgehead atoms. The van der Waals surface area contributed by atoms with E-state index in [1.165, 1.54) is 43.1 Å². The summed E-state index contributed by atoms with van der Waals surface area (Å²) >= 11 is 0. The van der Waals surface area contributed by atoms with Gasteiger partial charge in [-0.1, -0.05) is 6.07 Å². The summed E-state index contributed by atoms with van der Waals surface area (Å²) in [5.74, 6) is -0.595. The van der Waals surface area contributed by atoms with Crippen molar-refractivity contribution >= 4 is 21.5 Å². The number of nitrogens with one attached hydrogen (secondary N) is 1. The van der Waals surface area contributed by atoms with Crippen LogP contribution < -0.4 is 10.5 Å². The van der Waals surface area contributed by atoms with Crippen LogP contribution in [0.5, 0.6) is 0 Å². The van der Waals surface area contributed by atoms with Crippen LogP contribution in [0.15, 0.2) is 29.6 Å². The second-order valence-corrected chi connectivity index (χ2v) is 5.66. The fourth-order valence-electron chi connectivity index (χ4n) is 1.68. The Morgan fingerprint density at radius 2 is 2.11 bits per heavy atom. The van der Waals surface area contributed by atoms with Crippen LogP contribution >= 0.6 is 0 Å².